The zero-order valence-electron chi connectivity index (χ0n) is 13.3. The first-order chi connectivity index (χ1) is 10.5. The summed E-state index contributed by atoms with van der Waals surface area (Å²) >= 11 is 0. The maximum absolute atomic E-state index is 12.4. The van der Waals surface area contributed by atoms with Crippen LogP contribution in [-0.2, 0) is 11.3 Å². The molecule has 22 heavy (non-hydrogen) atoms. The van der Waals surface area contributed by atoms with Crippen LogP contribution in [0.25, 0.3) is 0 Å². The Morgan fingerprint density at radius 3 is 2.50 bits per heavy atom. The maximum Gasteiger partial charge on any atom is 0.253 e. The zero-order valence-corrected chi connectivity index (χ0v) is 13.3. The van der Waals surface area contributed by atoms with E-state index in [1.165, 1.54) is 0 Å². The summed E-state index contributed by atoms with van der Waals surface area (Å²) in [5.74, 6) is -0.237. The molecule has 0 saturated carbocycles. The van der Waals surface area contributed by atoms with Crippen LogP contribution in [0.4, 0.5) is 0 Å². The normalized spacial score (nSPS) is 12.0. The van der Waals surface area contributed by atoms with E-state index in [0.717, 1.165) is 23.2 Å². The second-order valence-corrected chi connectivity index (χ2v) is 5.53. The van der Waals surface area contributed by atoms with Gasteiger partial charge in [-0.05, 0) is 37.5 Å². The van der Waals surface area contributed by atoms with Crippen LogP contribution in [0.3, 0.4) is 0 Å². The van der Waals surface area contributed by atoms with Gasteiger partial charge in [0.15, 0.2) is 0 Å². The number of amides is 1. The molecule has 1 amide bonds. The number of pyridine rings is 1. The molecular weight excluding hydrogens is 276 g/mol. The van der Waals surface area contributed by atoms with Crippen LogP contribution >= 0.6 is 0 Å². The Bertz CT molecular complexity index is 705. The molecule has 0 unspecified atom stereocenters. The second kappa shape index (κ2) is 7.07. The van der Waals surface area contributed by atoms with Gasteiger partial charge in [-0.2, -0.15) is 0 Å². The Labute approximate surface area is 130 Å². The third-order valence-electron chi connectivity index (χ3n) is 3.86. The molecule has 0 spiro atoms. The Hall–Kier alpha value is -2.36. The van der Waals surface area contributed by atoms with Gasteiger partial charge in [-0.25, -0.2) is 0 Å². The first kappa shape index (κ1) is 16.0. The van der Waals surface area contributed by atoms with E-state index in [1.54, 1.807) is 0 Å². The van der Waals surface area contributed by atoms with E-state index in [4.69, 9.17) is 0 Å². The summed E-state index contributed by atoms with van der Waals surface area (Å²) in [6.45, 7) is 5.97. The van der Waals surface area contributed by atoms with Crippen LogP contribution in [0.1, 0.15) is 41.6 Å². The molecule has 0 aliphatic carbocycles. The van der Waals surface area contributed by atoms with Crippen LogP contribution in [0.15, 0.2) is 41.2 Å². The van der Waals surface area contributed by atoms with Gasteiger partial charge < -0.3 is 10.3 Å². The van der Waals surface area contributed by atoms with Crippen molar-refractivity contribution in [2.24, 2.45) is 0 Å². The van der Waals surface area contributed by atoms with E-state index >= 15 is 0 Å². The van der Waals surface area contributed by atoms with Gasteiger partial charge in [-0.15, -0.1) is 0 Å². The minimum absolute atomic E-state index is 0.0481. The molecule has 4 heteroatoms. The molecule has 1 heterocycles. The molecule has 1 aromatic carbocycles. The highest BCUT2D eigenvalue weighted by Gasteiger charge is 2.18. The lowest BCUT2D eigenvalue weighted by Gasteiger charge is -2.16. The summed E-state index contributed by atoms with van der Waals surface area (Å²) in [4.78, 5) is 27.2. The standard InChI is InChI=1S/C18H22N2O2/c1-4-15(14-8-6-5-7-9-14)17(21)19-11-16-12(2)10-13(3)20-18(16)22/h5-10,15H,4,11H2,1-3H3,(H,19,21)(H,20,22)/t15-/m0/s1. The van der Waals surface area contributed by atoms with Gasteiger partial charge in [-0.1, -0.05) is 37.3 Å². The van der Waals surface area contributed by atoms with Crippen molar-refractivity contribution in [1.82, 2.24) is 10.3 Å². The number of carbonyl (C=O) groups excluding carboxylic acids is 1. The molecule has 2 N–H and O–H groups in total. The fraction of sp³-hybridized carbons (Fsp3) is 0.333. The Balaban J connectivity index is 2.11. The number of carbonyl (C=O) groups is 1. The number of aromatic amines is 1. The van der Waals surface area contributed by atoms with Gasteiger partial charge in [0.2, 0.25) is 5.91 Å². The van der Waals surface area contributed by atoms with E-state index in [0.29, 0.717) is 5.56 Å². The molecule has 0 fully saturated rings. The van der Waals surface area contributed by atoms with Crippen LogP contribution < -0.4 is 10.9 Å². The first-order valence-electron chi connectivity index (χ1n) is 7.55. The number of aromatic nitrogens is 1. The smallest absolute Gasteiger partial charge is 0.253 e. The van der Waals surface area contributed by atoms with Gasteiger partial charge in [0.05, 0.1) is 5.92 Å². The minimum atomic E-state index is -0.189. The molecule has 1 aromatic heterocycles. The van der Waals surface area contributed by atoms with Gasteiger partial charge in [0, 0.05) is 17.8 Å². The van der Waals surface area contributed by atoms with E-state index < -0.39 is 0 Å². The monoisotopic (exact) mass is 298 g/mol. The number of hydrogen-bond donors (Lipinski definition) is 2. The zero-order chi connectivity index (χ0) is 16.1. The molecule has 0 saturated heterocycles. The van der Waals surface area contributed by atoms with Crippen molar-refractivity contribution >= 4 is 5.91 Å². The lowest BCUT2D eigenvalue weighted by molar-refractivity contribution is -0.122. The third-order valence-corrected chi connectivity index (χ3v) is 3.86. The second-order valence-electron chi connectivity index (χ2n) is 5.53. The predicted molar refractivity (Wildman–Crippen MR) is 87.9 cm³/mol. The van der Waals surface area contributed by atoms with Crippen molar-refractivity contribution in [3.63, 3.8) is 0 Å². The van der Waals surface area contributed by atoms with Crippen molar-refractivity contribution in [3.05, 3.63) is 69.1 Å². The van der Waals surface area contributed by atoms with Crippen LogP contribution in [0, 0.1) is 13.8 Å². The summed E-state index contributed by atoms with van der Waals surface area (Å²) in [6, 6.07) is 11.6. The van der Waals surface area contributed by atoms with E-state index in [-0.39, 0.29) is 23.9 Å². The molecule has 4 nitrogen and oxygen atoms in total. The largest absolute Gasteiger partial charge is 0.351 e. The van der Waals surface area contributed by atoms with Gasteiger partial charge in [0.25, 0.3) is 5.56 Å². The molecule has 2 rings (SSSR count). The molecule has 0 bridgehead atoms. The lowest BCUT2D eigenvalue weighted by atomic mass is 9.95. The van der Waals surface area contributed by atoms with Crippen LogP contribution in [0.5, 0.6) is 0 Å². The average molecular weight is 298 g/mol. The number of aryl methyl sites for hydroxylation is 2. The Morgan fingerprint density at radius 1 is 1.23 bits per heavy atom. The average Bonchev–Trinajstić information content (AvgIpc) is 2.48. The number of H-pyrrole nitrogens is 1. The van der Waals surface area contributed by atoms with Crippen LogP contribution in [-0.4, -0.2) is 10.9 Å². The quantitative estimate of drug-likeness (QED) is 0.891. The Kier molecular flexibility index (Phi) is 5.15. The number of benzene rings is 1. The molecule has 0 aliphatic heterocycles. The molecule has 1 atom stereocenters. The molecule has 0 aliphatic rings. The van der Waals surface area contributed by atoms with E-state index in [1.807, 2.05) is 57.2 Å². The lowest BCUT2D eigenvalue weighted by Crippen LogP contribution is -2.31. The van der Waals surface area contributed by atoms with Gasteiger partial charge >= 0.3 is 0 Å². The first-order valence-corrected chi connectivity index (χ1v) is 7.55. The topological polar surface area (TPSA) is 62.0 Å². The highest BCUT2D eigenvalue weighted by atomic mass is 16.2. The van der Waals surface area contributed by atoms with Gasteiger partial charge in [-0.3, -0.25) is 9.59 Å². The predicted octanol–water partition coefficient (Wildman–Crippen LogP) is 2.80. The summed E-state index contributed by atoms with van der Waals surface area (Å²) < 4.78 is 0. The van der Waals surface area contributed by atoms with Crippen LogP contribution in [0.2, 0.25) is 0 Å². The maximum atomic E-state index is 12.4. The molecule has 0 radical (unpaired) electrons. The number of rotatable bonds is 5. The van der Waals surface area contributed by atoms with E-state index in [9.17, 15) is 9.59 Å². The molecular formula is C18H22N2O2. The van der Waals surface area contributed by atoms with Crippen molar-refractivity contribution in [3.8, 4) is 0 Å². The molecule has 116 valence electrons. The minimum Gasteiger partial charge on any atom is -0.351 e. The summed E-state index contributed by atoms with van der Waals surface area (Å²) in [5.41, 5.74) is 3.20. The Morgan fingerprint density at radius 2 is 1.91 bits per heavy atom. The SMILES string of the molecule is CC[C@H](C(=O)NCc1c(C)cc(C)[nH]c1=O)c1ccccc1. The summed E-state index contributed by atoms with van der Waals surface area (Å²) in [6.07, 6.45) is 0.721. The molecule has 2 aromatic rings. The van der Waals surface area contributed by atoms with E-state index in [2.05, 4.69) is 10.3 Å². The number of nitrogens with one attached hydrogen (secondary N) is 2. The highest BCUT2D eigenvalue weighted by molar-refractivity contribution is 5.83. The fourth-order valence-corrected chi connectivity index (χ4v) is 2.66. The van der Waals surface area contributed by atoms with Crippen molar-refractivity contribution in [2.75, 3.05) is 0 Å². The highest BCUT2D eigenvalue weighted by Crippen LogP contribution is 2.19. The fourth-order valence-electron chi connectivity index (χ4n) is 2.66. The van der Waals surface area contributed by atoms with Crippen molar-refractivity contribution in [2.45, 2.75) is 39.7 Å². The summed E-state index contributed by atoms with van der Waals surface area (Å²) in [7, 11) is 0. The number of hydrogen-bond acceptors (Lipinski definition) is 2. The van der Waals surface area contributed by atoms with Crippen molar-refractivity contribution in [1.29, 1.82) is 0 Å². The van der Waals surface area contributed by atoms with Crippen molar-refractivity contribution < 1.29 is 4.79 Å². The van der Waals surface area contributed by atoms with Gasteiger partial charge in [0.1, 0.15) is 0 Å². The summed E-state index contributed by atoms with van der Waals surface area (Å²) in [5, 5.41) is 2.89. The third kappa shape index (κ3) is 3.64.